The summed E-state index contributed by atoms with van der Waals surface area (Å²) in [4.78, 5) is 2.16. The molecule has 5 nitrogen and oxygen atoms in total. The Morgan fingerprint density at radius 2 is 2.16 bits per heavy atom. The van der Waals surface area contributed by atoms with Crippen LogP contribution in [0.2, 0.25) is 0 Å². The Kier molecular flexibility index (Phi) is 4.65. The fraction of sp³-hybridized carbons (Fsp3) is 0.692. The number of hydrogen-bond acceptors (Lipinski definition) is 5. The summed E-state index contributed by atoms with van der Waals surface area (Å²) < 4.78 is 28.8. The van der Waals surface area contributed by atoms with E-state index in [2.05, 4.69) is 16.3 Å². The van der Waals surface area contributed by atoms with Crippen LogP contribution in [-0.4, -0.2) is 45.0 Å². The Bertz CT molecular complexity index is 522. The first-order valence-electron chi connectivity index (χ1n) is 6.66. The topological polar surface area (TPSA) is 62.6 Å². The van der Waals surface area contributed by atoms with Gasteiger partial charge in [-0.15, -0.1) is 0 Å². The molecule has 0 saturated carbocycles. The third-order valence-corrected chi connectivity index (χ3v) is 5.18. The van der Waals surface area contributed by atoms with E-state index in [1.165, 1.54) is 5.56 Å². The van der Waals surface area contributed by atoms with Gasteiger partial charge in [0.2, 0.25) is 0 Å². The molecule has 0 bridgehead atoms. The number of furan rings is 1. The van der Waals surface area contributed by atoms with Gasteiger partial charge in [-0.1, -0.05) is 0 Å². The Morgan fingerprint density at radius 1 is 1.37 bits per heavy atom. The van der Waals surface area contributed by atoms with Crippen LogP contribution in [-0.2, 0) is 22.9 Å². The van der Waals surface area contributed by atoms with Crippen molar-refractivity contribution in [2.24, 2.45) is 0 Å². The second-order valence-corrected chi connectivity index (χ2v) is 7.41. The second-order valence-electron chi connectivity index (χ2n) is 5.11. The van der Waals surface area contributed by atoms with E-state index in [1.807, 2.05) is 14.0 Å². The quantitative estimate of drug-likeness (QED) is 0.892. The van der Waals surface area contributed by atoms with Gasteiger partial charge in [0.25, 0.3) is 0 Å². The molecule has 19 heavy (non-hydrogen) atoms. The van der Waals surface area contributed by atoms with Crippen molar-refractivity contribution < 1.29 is 12.8 Å². The van der Waals surface area contributed by atoms with Crippen LogP contribution in [0.5, 0.6) is 0 Å². The van der Waals surface area contributed by atoms with E-state index in [-0.39, 0.29) is 5.75 Å². The van der Waals surface area contributed by atoms with Gasteiger partial charge in [0.1, 0.15) is 11.5 Å². The predicted octanol–water partition coefficient (Wildman–Crippen LogP) is 0.928. The van der Waals surface area contributed by atoms with Crippen LogP contribution in [0.3, 0.4) is 0 Å². The summed E-state index contributed by atoms with van der Waals surface area (Å²) >= 11 is 0. The molecule has 1 aromatic rings. The lowest BCUT2D eigenvalue weighted by Gasteiger charge is -2.17. The van der Waals surface area contributed by atoms with Crippen molar-refractivity contribution in [3.8, 4) is 0 Å². The van der Waals surface area contributed by atoms with Crippen molar-refractivity contribution in [3.63, 3.8) is 0 Å². The van der Waals surface area contributed by atoms with Gasteiger partial charge in [0.05, 0.1) is 18.1 Å². The number of aryl methyl sites for hydroxylation is 1. The second kappa shape index (κ2) is 6.07. The maximum absolute atomic E-state index is 11.6. The molecule has 1 aromatic heterocycles. The zero-order valence-electron chi connectivity index (χ0n) is 11.6. The maximum Gasteiger partial charge on any atom is 0.151 e. The average Bonchev–Trinajstić information content (AvgIpc) is 2.57. The summed E-state index contributed by atoms with van der Waals surface area (Å²) in [6.45, 7) is 4.87. The molecule has 0 unspecified atom stereocenters. The van der Waals surface area contributed by atoms with Crippen LogP contribution in [0.1, 0.15) is 23.5 Å². The van der Waals surface area contributed by atoms with Crippen molar-refractivity contribution >= 4 is 9.84 Å². The summed E-state index contributed by atoms with van der Waals surface area (Å²) in [7, 11) is -0.930. The SMILES string of the molecule is CNCc1cc(CN2CCCS(=O)(=O)CC2)oc1C. The molecule has 1 saturated heterocycles. The Balaban J connectivity index is 1.99. The first-order chi connectivity index (χ1) is 9.00. The minimum atomic E-state index is -2.84. The molecule has 0 aromatic carbocycles. The highest BCUT2D eigenvalue weighted by atomic mass is 32.2. The van der Waals surface area contributed by atoms with Crippen molar-refractivity contribution in [1.82, 2.24) is 10.2 Å². The normalized spacial score (nSPS) is 20.3. The highest BCUT2D eigenvalue weighted by Crippen LogP contribution is 2.17. The molecule has 1 aliphatic heterocycles. The first kappa shape index (κ1) is 14.6. The molecule has 1 N–H and O–H groups in total. The van der Waals surface area contributed by atoms with Crippen LogP contribution in [0.25, 0.3) is 0 Å². The van der Waals surface area contributed by atoms with E-state index >= 15 is 0 Å². The number of sulfone groups is 1. The minimum Gasteiger partial charge on any atom is -0.465 e. The fourth-order valence-electron chi connectivity index (χ4n) is 2.40. The lowest BCUT2D eigenvalue weighted by molar-refractivity contribution is 0.260. The first-order valence-corrected chi connectivity index (χ1v) is 8.48. The molecule has 0 amide bonds. The molecule has 0 aliphatic carbocycles. The van der Waals surface area contributed by atoms with E-state index in [0.717, 1.165) is 24.6 Å². The summed E-state index contributed by atoms with van der Waals surface area (Å²) in [6.07, 6.45) is 0.714. The van der Waals surface area contributed by atoms with Crippen molar-refractivity contribution in [2.45, 2.75) is 26.4 Å². The summed E-state index contributed by atoms with van der Waals surface area (Å²) in [5.41, 5.74) is 1.17. The molecule has 2 rings (SSSR count). The van der Waals surface area contributed by atoms with Crippen LogP contribution >= 0.6 is 0 Å². The molecular formula is C13H22N2O3S. The lowest BCUT2D eigenvalue weighted by atomic mass is 10.2. The lowest BCUT2D eigenvalue weighted by Crippen LogP contribution is -2.26. The zero-order valence-corrected chi connectivity index (χ0v) is 12.4. The van der Waals surface area contributed by atoms with E-state index in [0.29, 0.717) is 25.3 Å². The zero-order chi connectivity index (χ0) is 13.9. The summed E-state index contributed by atoms with van der Waals surface area (Å²) in [5.74, 6) is 2.43. The molecule has 2 heterocycles. The largest absolute Gasteiger partial charge is 0.465 e. The molecule has 0 spiro atoms. The summed E-state index contributed by atoms with van der Waals surface area (Å²) in [5, 5.41) is 3.11. The van der Waals surface area contributed by atoms with E-state index in [1.54, 1.807) is 0 Å². The molecule has 108 valence electrons. The monoisotopic (exact) mass is 286 g/mol. The third-order valence-electron chi connectivity index (χ3n) is 3.47. The van der Waals surface area contributed by atoms with Crippen LogP contribution in [0, 0.1) is 6.92 Å². The van der Waals surface area contributed by atoms with Gasteiger partial charge < -0.3 is 9.73 Å². The predicted molar refractivity (Wildman–Crippen MR) is 74.8 cm³/mol. The third kappa shape index (κ3) is 4.06. The highest BCUT2D eigenvalue weighted by Gasteiger charge is 2.20. The Morgan fingerprint density at radius 3 is 2.89 bits per heavy atom. The van der Waals surface area contributed by atoms with Gasteiger partial charge in [0.15, 0.2) is 9.84 Å². The molecule has 1 aliphatic rings. The number of nitrogens with one attached hydrogen (secondary N) is 1. The molecular weight excluding hydrogens is 264 g/mol. The summed E-state index contributed by atoms with van der Waals surface area (Å²) in [6, 6.07) is 2.06. The average molecular weight is 286 g/mol. The van der Waals surface area contributed by atoms with Gasteiger partial charge >= 0.3 is 0 Å². The van der Waals surface area contributed by atoms with Crippen LogP contribution < -0.4 is 5.32 Å². The number of hydrogen-bond donors (Lipinski definition) is 1. The molecule has 0 radical (unpaired) electrons. The number of rotatable bonds is 4. The van der Waals surface area contributed by atoms with Gasteiger partial charge in [-0.3, -0.25) is 4.90 Å². The number of nitrogens with zero attached hydrogens (tertiary/aromatic N) is 1. The molecule has 1 fully saturated rings. The Hall–Kier alpha value is -0.850. The van der Waals surface area contributed by atoms with Gasteiger partial charge in [0, 0.05) is 18.7 Å². The van der Waals surface area contributed by atoms with E-state index in [4.69, 9.17) is 4.42 Å². The van der Waals surface area contributed by atoms with Crippen molar-refractivity contribution in [3.05, 3.63) is 23.2 Å². The Labute approximate surface area is 114 Å². The van der Waals surface area contributed by atoms with E-state index in [9.17, 15) is 8.42 Å². The van der Waals surface area contributed by atoms with Crippen LogP contribution in [0.15, 0.2) is 10.5 Å². The highest BCUT2D eigenvalue weighted by molar-refractivity contribution is 7.91. The maximum atomic E-state index is 11.6. The molecule has 6 heteroatoms. The minimum absolute atomic E-state index is 0.260. The smallest absolute Gasteiger partial charge is 0.151 e. The van der Waals surface area contributed by atoms with Crippen LogP contribution in [0.4, 0.5) is 0 Å². The van der Waals surface area contributed by atoms with Gasteiger partial charge in [-0.25, -0.2) is 8.42 Å². The van der Waals surface area contributed by atoms with Crippen molar-refractivity contribution in [1.29, 1.82) is 0 Å². The van der Waals surface area contributed by atoms with E-state index < -0.39 is 9.84 Å². The van der Waals surface area contributed by atoms with Gasteiger partial charge in [-0.2, -0.15) is 0 Å². The van der Waals surface area contributed by atoms with Gasteiger partial charge in [-0.05, 0) is 33.0 Å². The standard InChI is InChI=1S/C13H22N2O3S/c1-11-12(9-14-2)8-13(18-11)10-15-4-3-6-19(16,17)7-5-15/h8,14H,3-7,9-10H2,1-2H3. The van der Waals surface area contributed by atoms with Crippen molar-refractivity contribution in [2.75, 3.05) is 31.6 Å². The molecule has 0 atom stereocenters. The fourth-order valence-corrected chi connectivity index (χ4v) is 3.71.